The maximum atomic E-state index is 6.02. The van der Waals surface area contributed by atoms with Crippen LogP contribution in [0.3, 0.4) is 0 Å². The molecule has 3 nitrogen and oxygen atoms in total. The molecule has 3 N–H and O–H groups in total. The van der Waals surface area contributed by atoms with Crippen LogP contribution >= 0.6 is 0 Å². The van der Waals surface area contributed by atoms with E-state index in [1.54, 1.807) is 0 Å². The monoisotopic (exact) mass is 241 g/mol. The summed E-state index contributed by atoms with van der Waals surface area (Å²) in [6.45, 7) is 0. The van der Waals surface area contributed by atoms with E-state index in [9.17, 15) is 0 Å². The number of nitrogens with one attached hydrogen (secondary N) is 1. The highest BCUT2D eigenvalue weighted by Gasteiger charge is 2.18. The third-order valence-corrected chi connectivity index (χ3v) is 3.69. The van der Waals surface area contributed by atoms with E-state index in [0.717, 1.165) is 11.9 Å². The second-order valence-corrected chi connectivity index (χ2v) is 5.18. The van der Waals surface area contributed by atoms with Gasteiger partial charge >= 0.3 is 0 Å². The largest absolute Gasteiger partial charge is 0.382 e. The van der Waals surface area contributed by atoms with Crippen LogP contribution in [0.15, 0.2) is 36.5 Å². The number of aromatic nitrogens is 1. The van der Waals surface area contributed by atoms with Crippen molar-refractivity contribution in [1.82, 2.24) is 4.98 Å². The number of nitrogens with two attached hydrogens (primary N) is 1. The second kappa shape index (κ2) is 4.94. The van der Waals surface area contributed by atoms with Crippen molar-refractivity contribution < 1.29 is 0 Å². The van der Waals surface area contributed by atoms with Crippen molar-refractivity contribution in [3.63, 3.8) is 0 Å². The fraction of sp³-hybridized carbons (Fsp3) is 0.400. The van der Waals surface area contributed by atoms with Crippen LogP contribution in [-0.2, 0) is 0 Å². The van der Waals surface area contributed by atoms with Gasteiger partial charge in [-0.05, 0) is 49.9 Å². The van der Waals surface area contributed by atoms with Gasteiger partial charge in [-0.1, -0.05) is 6.07 Å². The van der Waals surface area contributed by atoms with Gasteiger partial charge in [0, 0.05) is 29.4 Å². The molecule has 3 rings (SSSR count). The molecule has 1 heterocycles. The smallest absolute Gasteiger partial charge is 0.0703 e. The molecule has 1 saturated carbocycles. The molecule has 94 valence electrons. The van der Waals surface area contributed by atoms with E-state index < -0.39 is 0 Å². The minimum atomic E-state index is 0.360. The standard InChI is InChI=1S/C15H19N3/c16-12-4-1-5-13(10-12)18-14-6-7-15-11(9-14)3-2-8-17-15/h2-3,6-9,12-13,18H,1,4-5,10,16H2. The van der Waals surface area contributed by atoms with Gasteiger partial charge in [0.1, 0.15) is 0 Å². The molecule has 1 aliphatic carbocycles. The molecule has 2 aromatic rings. The van der Waals surface area contributed by atoms with Gasteiger partial charge < -0.3 is 11.1 Å². The van der Waals surface area contributed by atoms with Crippen molar-refractivity contribution >= 4 is 16.6 Å². The Morgan fingerprint density at radius 3 is 3.06 bits per heavy atom. The predicted octanol–water partition coefficient (Wildman–Crippen LogP) is 2.92. The summed E-state index contributed by atoms with van der Waals surface area (Å²) in [4.78, 5) is 4.33. The average Bonchev–Trinajstić information content (AvgIpc) is 2.39. The van der Waals surface area contributed by atoms with E-state index in [4.69, 9.17) is 5.73 Å². The molecule has 2 unspecified atom stereocenters. The number of benzene rings is 1. The molecule has 1 fully saturated rings. The molecule has 1 aromatic carbocycles. The van der Waals surface area contributed by atoms with E-state index in [-0.39, 0.29) is 0 Å². The van der Waals surface area contributed by atoms with Crippen LogP contribution in [0.4, 0.5) is 5.69 Å². The lowest BCUT2D eigenvalue weighted by molar-refractivity contribution is 0.409. The third-order valence-electron chi connectivity index (χ3n) is 3.69. The summed E-state index contributed by atoms with van der Waals surface area (Å²) >= 11 is 0. The van der Waals surface area contributed by atoms with Crippen LogP contribution < -0.4 is 11.1 Å². The molecule has 0 amide bonds. The van der Waals surface area contributed by atoms with E-state index in [0.29, 0.717) is 12.1 Å². The Labute approximate surface area is 107 Å². The zero-order valence-electron chi connectivity index (χ0n) is 10.5. The molecule has 0 bridgehead atoms. The van der Waals surface area contributed by atoms with Crippen molar-refractivity contribution in [3.05, 3.63) is 36.5 Å². The molecule has 1 aliphatic rings. The Hall–Kier alpha value is -1.61. The minimum absolute atomic E-state index is 0.360. The highest BCUT2D eigenvalue weighted by molar-refractivity contribution is 5.82. The van der Waals surface area contributed by atoms with Gasteiger partial charge in [-0.2, -0.15) is 0 Å². The van der Waals surface area contributed by atoms with Crippen molar-refractivity contribution in [2.75, 3.05) is 5.32 Å². The summed E-state index contributed by atoms with van der Waals surface area (Å²) in [6.07, 6.45) is 6.52. The van der Waals surface area contributed by atoms with Crippen LogP contribution in [0.2, 0.25) is 0 Å². The molecule has 1 aromatic heterocycles. The van der Waals surface area contributed by atoms with Gasteiger partial charge in [0.05, 0.1) is 5.52 Å². The maximum Gasteiger partial charge on any atom is 0.0703 e. The fourth-order valence-corrected chi connectivity index (χ4v) is 2.76. The number of fused-ring (bicyclic) bond motifs is 1. The van der Waals surface area contributed by atoms with Gasteiger partial charge in [0.15, 0.2) is 0 Å². The molecular formula is C15H19N3. The Balaban J connectivity index is 1.78. The number of pyridine rings is 1. The van der Waals surface area contributed by atoms with Crippen molar-refractivity contribution in [1.29, 1.82) is 0 Å². The zero-order chi connectivity index (χ0) is 12.4. The number of hydrogen-bond acceptors (Lipinski definition) is 3. The molecule has 0 radical (unpaired) electrons. The normalized spacial score (nSPS) is 24.1. The number of nitrogens with zero attached hydrogens (tertiary/aromatic N) is 1. The molecule has 2 atom stereocenters. The Bertz CT molecular complexity index is 538. The number of rotatable bonds is 2. The number of anilines is 1. The van der Waals surface area contributed by atoms with Crippen LogP contribution in [0, 0.1) is 0 Å². The molecule has 3 heteroatoms. The van der Waals surface area contributed by atoms with Crippen LogP contribution in [0.5, 0.6) is 0 Å². The van der Waals surface area contributed by atoms with Crippen LogP contribution in [0.1, 0.15) is 25.7 Å². The maximum absolute atomic E-state index is 6.02. The summed E-state index contributed by atoms with van der Waals surface area (Å²) in [5, 5.41) is 4.78. The average molecular weight is 241 g/mol. The predicted molar refractivity (Wildman–Crippen MR) is 75.6 cm³/mol. The summed E-state index contributed by atoms with van der Waals surface area (Å²) in [7, 11) is 0. The summed E-state index contributed by atoms with van der Waals surface area (Å²) in [5.41, 5.74) is 8.24. The third kappa shape index (κ3) is 2.46. The first-order chi connectivity index (χ1) is 8.81. The van der Waals surface area contributed by atoms with Gasteiger partial charge in [-0.3, -0.25) is 4.98 Å². The van der Waals surface area contributed by atoms with Gasteiger partial charge in [-0.15, -0.1) is 0 Å². The SMILES string of the molecule is NC1CCCC(Nc2ccc3ncccc3c2)C1. The molecule has 0 aliphatic heterocycles. The lowest BCUT2D eigenvalue weighted by Gasteiger charge is -2.28. The molecule has 0 saturated heterocycles. The molecule has 0 spiro atoms. The summed E-state index contributed by atoms with van der Waals surface area (Å²) in [5.74, 6) is 0. The topological polar surface area (TPSA) is 50.9 Å². The van der Waals surface area contributed by atoms with Crippen LogP contribution in [-0.4, -0.2) is 17.1 Å². The fourth-order valence-electron chi connectivity index (χ4n) is 2.76. The molecular weight excluding hydrogens is 222 g/mol. The van der Waals surface area contributed by atoms with Crippen LogP contribution in [0.25, 0.3) is 10.9 Å². The van der Waals surface area contributed by atoms with Gasteiger partial charge in [0.2, 0.25) is 0 Å². The first kappa shape index (κ1) is 11.5. The highest BCUT2D eigenvalue weighted by atomic mass is 14.9. The van der Waals surface area contributed by atoms with E-state index >= 15 is 0 Å². The Kier molecular flexibility index (Phi) is 3.15. The first-order valence-electron chi connectivity index (χ1n) is 6.68. The van der Waals surface area contributed by atoms with E-state index in [2.05, 4.69) is 34.6 Å². The summed E-state index contributed by atoms with van der Waals surface area (Å²) < 4.78 is 0. The van der Waals surface area contributed by atoms with Gasteiger partial charge in [-0.25, -0.2) is 0 Å². The van der Waals surface area contributed by atoms with E-state index in [1.807, 2.05) is 12.3 Å². The quantitative estimate of drug-likeness (QED) is 0.850. The lowest BCUT2D eigenvalue weighted by Crippen LogP contribution is -2.34. The Morgan fingerprint density at radius 2 is 2.17 bits per heavy atom. The van der Waals surface area contributed by atoms with Gasteiger partial charge in [0.25, 0.3) is 0 Å². The molecule has 18 heavy (non-hydrogen) atoms. The first-order valence-corrected chi connectivity index (χ1v) is 6.68. The van der Waals surface area contributed by atoms with Crippen molar-refractivity contribution in [2.45, 2.75) is 37.8 Å². The zero-order valence-corrected chi connectivity index (χ0v) is 10.5. The van der Waals surface area contributed by atoms with Crippen molar-refractivity contribution in [3.8, 4) is 0 Å². The number of hydrogen-bond donors (Lipinski definition) is 2. The summed E-state index contributed by atoms with van der Waals surface area (Å²) in [6, 6.07) is 11.3. The minimum Gasteiger partial charge on any atom is -0.382 e. The highest BCUT2D eigenvalue weighted by Crippen LogP contribution is 2.23. The van der Waals surface area contributed by atoms with Crippen molar-refractivity contribution in [2.24, 2.45) is 5.73 Å². The Morgan fingerprint density at radius 1 is 1.22 bits per heavy atom. The lowest BCUT2D eigenvalue weighted by atomic mass is 9.91. The second-order valence-electron chi connectivity index (χ2n) is 5.18. The van der Waals surface area contributed by atoms with E-state index in [1.165, 1.54) is 30.3 Å².